The third kappa shape index (κ3) is 6.56. The van der Waals surface area contributed by atoms with E-state index in [9.17, 15) is 9.59 Å². The molecule has 3 aromatic carbocycles. The lowest BCUT2D eigenvalue weighted by Crippen LogP contribution is -2.37. The van der Waals surface area contributed by atoms with Gasteiger partial charge in [-0.2, -0.15) is 0 Å². The number of nitrogens with one attached hydrogen (secondary N) is 2. The number of hydrogen-bond acceptors (Lipinski definition) is 5. The molecule has 0 bridgehead atoms. The highest BCUT2D eigenvalue weighted by molar-refractivity contribution is 7.10. The van der Waals surface area contributed by atoms with E-state index in [2.05, 4.69) is 29.0 Å². The van der Waals surface area contributed by atoms with Gasteiger partial charge in [-0.1, -0.05) is 66.7 Å². The molecule has 1 aromatic heterocycles. The Labute approximate surface area is 208 Å². The molecule has 1 atom stereocenters. The third-order valence-corrected chi connectivity index (χ3v) is 6.34. The van der Waals surface area contributed by atoms with E-state index in [1.165, 1.54) is 4.88 Å². The standard InChI is InChI=1S/C28H27N3O3S/c1-19-14-24(18-35-19)22-10-12-23(13-11-22)26(27(32)30-25-9-5-8-21(15-25)16-29)31-28(33)34-17-20-6-3-2-4-7-20/h2-15,18,26H,16-17,29H2,1H3,(H,30,32)(H,31,33)/t26-/m1/s1. The van der Waals surface area contributed by atoms with Crippen LogP contribution in [0.3, 0.4) is 0 Å². The van der Waals surface area contributed by atoms with Crippen LogP contribution in [-0.4, -0.2) is 12.0 Å². The van der Waals surface area contributed by atoms with Crippen molar-refractivity contribution in [2.24, 2.45) is 5.73 Å². The van der Waals surface area contributed by atoms with Crippen molar-refractivity contribution in [2.45, 2.75) is 26.1 Å². The van der Waals surface area contributed by atoms with Gasteiger partial charge >= 0.3 is 6.09 Å². The summed E-state index contributed by atoms with van der Waals surface area (Å²) in [5, 5.41) is 7.70. The summed E-state index contributed by atoms with van der Waals surface area (Å²) in [7, 11) is 0. The summed E-state index contributed by atoms with van der Waals surface area (Å²) in [5.74, 6) is -0.380. The van der Waals surface area contributed by atoms with Gasteiger partial charge in [0.2, 0.25) is 0 Å². The maximum atomic E-state index is 13.3. The maximum absolute atomic E-state index is 13.3. The van der Waals surface area contributed by atoms with E-state index in [0.717, 1.165) is 22.3 Å². The Kier molecular flexibility index (Phi) is 7.92. The summed E-state index contributed by atoms with van der Waals surface area (Å²) in [5.41, 5.74) is 10.9. The molecule has 6 nitrogen and oxygen atoms in total. The second-order valence-corrected chi connectivity index (χ2v) is 9.22. The first-order valence-electron chi connectivity index (χ1n) is 11.2. The van der Waals surface area contributed by atoms with Crippen LogP contribution in [0.25, 0.3) is 11.1 Å². The molecule has 0 aliphatic carbocycles. The molecule has 0 saturated carbocycles. The van der Waals surface area contributed by atoms with E-state index in [1.54, 1.807) is 17.4 Å². The molecule has 4 rings (SSSR count). The minimum atomic E-state index is -0.946. The highest BCUT2D eigenvalue weighted by Crippen LogP contribution is 2.27. The topological polar surface area (TPSA) is 93.4 Å². The highest BCUT2D eigenvalue weighted by atomic mass is 32.1. The number of thiophene rings is 1. The van der Waals surface area contributed by atoms with Crippen LogP contribution in [0.2, 0.25) is 0 Å². The predicted molar refractivity (Wildman–Crippen MR) is 140 cm³/mol. The molecule has 4 N–H and O–H groups in total. The summed E-state index contributed by atoms with van der Waals surface area (Å²) < 4.78 is 5.37. The lowest BCUT2D eigenvalue weighted by atomic mass is 10.0. The SMILES string of the molecule is Cc1cc(-c2ccc([C@@H](NC(=O)OCc3ccccc3)C(=O)Nc3cccc(CN)c3)cc2)cs1. The fraction of sp³-hybridized carbons (Fsp3) is 0.143. The van der Waals surface area contributed by atoms with Crippen molar-refractivity contribution in [1.82, 2.24) is 5.32 Å². The fourth-order valence-electron chi connectivity index (χ4n) is 3.64. The molecule has 0 aliphatic heterocycles. The Hall–Kier alpha value is -3.94. The van der Waals surface area contributed by atoms with Crippen molar-refractivity contribution in [3.63, 3.8) is 0 Å². The van der Waals surface area contributed by atoms with Crippen molar-refractivity contribution in [2.75, 3.05) is 5.32 Å². The Morgan fingerprint density at radius 2 is 1.66 bits per heavy atom. The average Bonchev–Trinajstić information content (AvgIpc) is 3.33. The van der Waals surface area contributed by atoms with E-state index >= 15 is 0 Å². The summed E-state index contributed by atoms with van der Waals surface area (Å²) in [4.78, 5) is 27.1. The zero-order valence-corrected chi connectivity index (χ0v) is 20.2. The van der Waals surface area contributed by atoms with Crippen molar-refractivity contribution in [3.8, 4) is 11.1 Å². The largest absolute Gasteiger partial charge is 0.445 e. The number of aryl methyl sites for hydroxylation is 1. The number of nitrogens with two attached hydrogens (primary N) is 1. The Morgan fingerprint density at radius 1 is 0.914 bits per heavy atom. The Morgan fingerprint density at radius 3 is 2.34 bits per heavy atom. The van der Waals surface area contributed by atoms with E-state index in [1.807, 2.05) is 72.8 Å². The van der Waals surface area contributed by atoms with Gasteiger partial charge < -0.3 is 21.1 Å². The van der Waals surface area contributed by atoms with E-state index in [0.29, 0.717) is 17.8 Å². The minimum Gasteiger partial charge on any atom is -0.445 e. The molecule has 0 unspecified atom stereocenters. The molecule has 178 valence electrons. The molecule has 1 heterocycles. The van der Waals surface area contributed by atoms with Gasteiger partial charge in [0, 0.05) is 17.1 Å². The molecule has 0 spiro atoms. The normalized spacial score (nSPS) is 11.5. The number of ether oxygens (including phenoxy) is 1. The number of rotatable bonds is 8. The molecule has 0 aliphatic rings. The van der Waals surface area contributed by atoms with Crippen molar-refractivity contribution >= 4 is 29.0 Å². The summed E-state index contributed by atoms with van der Waals surface area (Å²) in [6, 6.07) is 25.4. The number of hydrogen-bond donors (Lipinski definition) is 3. The van der Waals surface area contributed by atoms with Gasteiger partial charge in [-0.05, 0) is 58.3 Å². The van der Waals surface area contributed by atoms with Crippen LogP contribution < -0.4 is 16.4 Å². The van der Waals surface area contributed by atoms with Crippen molar-refractivity contribution in [3.05, 3.63) is 112 Å². The fourth-order valence-corrected chi connectivity index (χ4v) is 4.35. The number of benzene rings is 3. The summed E-state index contributed by atoms with van der Waals surface area (Å²) in [6.45, 7) is 2.53. The van der Waals surface area contributed by atoms with Crippen LogP contribution >= 0.6 is 11.3 Å². The van der Waals surface area contributed by atoms with E-state index < -0.39 is 12.1 Å². The molecule has 2 amide bonds. The Balaban J connectivity index is 1.53. The summed E-state index contributed by atoms with van der Waals surface area (Å²) in [6.07, 6.45) is -0.678. The summed E-state index contributed by atoms with van der Waals surface area (Å²) >= 11 is 1.68. The number of alkyl carbamates (subject to hydrolysis) is 1. The molecular formula is C28H27N3O3S. The second-order valence-electron chi connectivity index (χ2n) is 8.10. The lowest BCUT2D eigenvalue weighted by molar-refractivity contribution is -0.118. The quantitative estimate of drug-likeness (QED) is 0.295. The number of anilines is 1. The van der Waals surface area contributed by atoms with Crippen LogP contribution in [0, 0.1) is 6.92 Å². The van der Waals surface area contributed by atoms with Crippen molar-refractivity contribution < 1.29 is 14.3 Å². The monoisotopic (exact) mass is 485 g/mol. The van der Waals surface area contributed by atoms with Gasteiger partial charge in [-0.25, -0.2) is 4.79 Å². The van der Waals surface area contributed by atoms with Crippen LogP contribution in [0.5, 0.6) is 0 Å². The molecular weight excluding hydrogens is 458 g/mol. The zero-order chi connectivity index (χ0) is 24.6. The van der Waals surface area contributed by atoms with Crippen LogP contribution in [-0.2, 0) is 22.7 Å². The van der Waals surface area contributed by atoms with E-state index in [-0.39, 0.29) is 12.5 Å². The van der Waals surface area contributed by atoms with E-state index in [4.69, 9.17) is 10.5 Å². The maximum Gasteiger partial charge on any atom is 0.408 e. The zero-order valence-electron chi connectivity index (χ0n) is 19.4. The van der Waals surface area contributed by atoms with Crippen LogP contribution in [0.15, 0.2) is 90.3 Å². The van der Waals surface area contributed by atoms with Gasteiger partial charge in [0.15, 0.2) is 0 Å². The first-order chi connectivity index (χ1) is 17.0. The molecule has 0 fully saturated rings. The van der Waals surface area contributed by atoms with Gasteiger partial charge in [-0.3, -0.25) is 4.79 Å². The predicted octanol–water partition coefficient (Wildman–Crippen LogP) is 5.79. The van der Waals surface area contributed by atoms with Crippen molar-refractivity contribution in [1.29, 1.82) is 0 Å². The van der Waals surface area contributed by atoms with Gasteiger partial charge in [0.25, 0.3) is 5.91 Å². The third-order valence-electron chi connectivity index (χ3n) is 5.48. The number of carbonyl (C=O) groups is 2. The van der Waals surface area contributed by atoms with Crippen LogP contribution in [0.1, 0.15) is 27.6 Å². The Bertz CT molecular complexity index is 1290. The minimum absolute atomic E-state index is 0.107. The van der Waals surface area contributed by atoms with Gasteiger partial charge in [0.1, 0.15) is 12.6 Å². The van der Waals surface area contributed by atoms with Gasteiger partial charge in [-0.15, -0.1) is 11.3 Å². The molecule has 7 heteroatoms. The van der Waals surface area contributed by atoms with Gasteiger partial charge in [0.05, 0.1) is 0 Å². The molecule has 35 heavy (non-hydrogen) atoms. The average molecular weight is 486 g/mol. The molecule has 0 saturated heterocycles. The molecule has 4 aromatic rings. The number of carbonyl (C=O) groups excluding carboxylic acids is 2. The highest BCUT2D eigenvalue weighted by Gasteiger charge is 2.24. The first kappa shape index (κ1) is 24.2. The first-order valence-corrected chi connectivity index (χ1v) is 12.1. The molecule has 0 radical (unpaired) electrons. The number of amides is 2. The van der Waals surface area contributed by atoms with Crippen LogP contribution in [0.4, 0.5) is 10.5 Å². The lowest BCUT2D eigenvalue weighted by Gasteiger charge is -2.19. The second kappa shape index (κ2) is 11.5. The smallest absolute Gasteiger partial charge is 0.408 e.